The summed E-state index contributed by atoms with van der Waals surface area (Å²) in [5.74, 6) is -1.09. The molecule has 3 rings (SSSR count). The van der Waals surface area contributed by atoms with Crippen molar-refractivity contribution >= 4 is 52.4 Å². The number of benzene rings is 2. The monoisotopic (exact) mass is 383 g/mol. The number of halogens is 3. The summed E-state index contributed by atoms with van der Waals surface area (Å²) in [5, 5.41) is 0.314. The van der Waals surface area contributed by atoms with Crippen LogP contribution >= 0.6 is 34.8 Å². The average Bonchev–Trinajstić information content (AvgIpc) is 3.00. The molecule has 0 fully saturated rings. The van der Waals surface area contributed by atoms with Gasteiger partial charge in [0.05, 0.1) is 20.6 Å². The van der Waals surface area contributed by atoms with Crippen molar-refractivity contribution in [2.24, 2.45) is 0 Å². The van der Waals surface area contributed by atoms with E-state index in [0.717, 1.165) is 17.7 Å². The number of hydrogen-bond acceptors (Lipinski definition) is 3. The molecular formula is C17H12Cl3NO3. The Morgan fingerprint density at radius 3 is 2.54 bits per heavy atom. The molecule has 4 nitrogen and oxygen atoms in total. The number of para-hydroxylation sites is 1. The molecule has 1 aliphatic heterocycles. The molecule has 0 bridgehead atoms. The number of ether oxygens (including phenoxy) is 1. The molecule has 0 saturated heterocycles. The number of fused-ring (bicyclic) bond motifs is 1. The van der Waals surface area contributed by atoms with Crippen molar-refractivity contribution in [3.8, 4) is 0 Å². The standard InChI is InChI=1S/C17H12Cl3NO3/c18-11-5-6-12(19)16(20)15(11)17(23)24-9-14(22)21-8-7-10-3-1-2-4-13(10)21/h1-6H,7-9H2. The van der Waals surface area contributed by atoms with E-state index in [1.807, 2.05) is 24.3 Å². The van der Waals surface area contributed by atoms with E-state index in [9.17, 15) is 9.59 Å². The lowest BCUT2D eigenvalue weighted by Crippen LogP contribution is -2.33. The molecule has 0 saturated carbocycles. The van der Waals surface area contributed by atoms with Gasteiger partial charge in [0.2, 0.25) is 0 Å². The Bertz CT molecular complexity index is 823. The van der Waals surface area contributed by atoms with Gasteiger partial charge in [-0.3, -0.25) is 4.79 Å². The van der Waals surface area contributed by atoms with Crippen molar-refractivity contribution in [3.63, 3.8) is 0 Å². The van der Waals surface area contributed by atoms with E-state index in [2.05, 4.69) is 0 Å². The molecule has 24 heavy (non-hydrogen) atoms. The normalized spacial score (nSPS) is 12.9. The average molecular weight is 385 g/mol. The van der Waals surface area contributed by atoms with Gasteiger partial charge >= 0.3 is 5.97 Å². The zero-order valence-electron chi connectivity index (χ0n) is 12.4. The van der Waals surface area contributed by atoms with Crippen molar-refractivity contribution in [2.45, 2.75) is 6.42 Å². The van der Waals surface area contributed by atoms with Crippen LogP contribution < -0.4 is 4.90 Å². The predicted octanol–water partition coefficient (Wildman–Crippen LogP) is 4.39. The van der Waals surface area contributed by atoms with E-state index in [1.165, 1.54) is 12.1 Å². The molecule has 7 heteroatoms. The molecule has 0 aromatic heterocycles. The lowest BCUT2D eigenvalue weighted by molar-refractivity contribution is -0.121. The van der Waals surface area contributed by atoms with E-state index >= 15 is 0 Å². The first-order valence-corrected chi connectivity index (χ1v) is 8.31. The zero-order valence-corrected chi connectivity index (χ0v) is 14.7. The summed E-state index contributed by atoms with van der Waals surface area (Å²) in [6.45, 7) is 0.167. The maximum absolute atomic E-state index is 12.3. The fourth-order valence-corrected chi connectivity index (χ4v) is 3.27. The molecule has 2 aromatic rings. The quantitative estimate of drug-likeness (QED) is 0.582. The van der Waals surface area contributed by atoms with Crippen LogP contribution in [-0.4, -0.2) is 25.0 Å². The summed E-state index contributed by atoms with van der Waals surface area (Å²) in [6, 6.07) is 10.6. The Labute approximate surface area is 153 Å². The fourth-order valence-electron chi connectivity index (χ4n) is 2.59. The zero-order chi connectivity index (χ0) is 17.3. The summed E-state index contributed by atoms with van der Waals surface area (Å²) in [7, 11) is 0. The van der Waals surface area contributed by atoms with Crippen LogP contribution in [0.3, 0.4) is 0 Å². The topological polar surface area (TPSA) is 46.6 Å². The Kier molecular flexibility index (Phi) is 4.99. The molecular weight excluding hydrogens is 373 g/mol. The van der Waals surface area contributed by atoms with Crippen molar-refractivity contribution in [2.75, 3.05) is 18.1 Å². The van der Waals surface area contributed by atoms with Gasteiger partial charge in [0.25, 0.3) is 5.91 Å². The van der Waals surface area contributed by atoms with Crippen LogP contribution in [-0.2, 0) is 16.0 Å². The molecule has 124 valence electrons. The van der Waals surface area contributed by atoms with Gasteiger partial charge in [-0.05, 0) is 30.2 Å². The van der Waals surface area contributed by atoms with Gasteiger partial charge in [0.15, 0.2) is 6.61 Å². The number of esters is 1. The van der Waals surface area contributed by atoms with Gasteiger partial charge in [-0.2, -0.15) is 0 Å². The first-order valence-electron chi connectivity index (χ1n) is 7.18. The van der Waals surface area contributed by atoms with Crippen LogP contribution in [0.5, 0.6) is 0 Å². The molecule has 2 aromatic carbocycles. The minimum absolute atomic E-state index is 0.00753. The van der Waals surface area contributed by atoms with Crippen molar-refractivity contribution < 1.29 is 14.3 Å². The summed E-state index contributed by atoms with van der Waals surface area (Å²) < 4.78 is 5.08. The smallest absolute Gasteiger partial charge is 0.341 e. The second-order valence-electron chi connectivity index (χ2n) is 5.22. The van der Waals surface area contributed by atoms with Crippen LogP contribution in [0, 0.1) is 0 Å². The maximum atomic E-state index is 12.3. The first kappa shape index (κ1) is 17.1. The predicted molar refractivity (Wildman–Crippen MR) is 94.3 cm³/mol. The second kappa shape index (κ2) is 7.01. The maximum Gasteiger partial charge on any atom is 0.341 e. The van der Waals surface area contributed by atoms with E-state index in [0.29, 0.717) is 6.54 Å². The third-order valence-electron chi connectivity index (χ3n) is 3.76. The van der Waals surface area contributed by atoms with Gasteiger partial charge in [-0.15, -0.1) is 0 Å². The van der Waals surface area contributed by atoms with Crippen LogP contribution in [0.25, 0.3) is 0 Å². The molecule has 1 amide bonds. The number of anilines is 1. The highest BCUT2D eigenvalue weighted by molar-refractivity contribution is 6.46. The molecule has 1 heterocycles. The molecule has 0 N–H and O–H groups in total. The molecule has 0 atom stereocenters. The van der Waals surface area contributed by atoms with E-state index in [-0.39, 0.29) is 26.5 Å². The Balaban J connectivity index is 1.70. The number of amides is 1. The van der Waals surface area contributed by atoms with Crippen molar-refractivity contribution in [1.29, 1.82) is 0 Å². The van der Waals surface area contributed by atoms with Gasteiger partial charge in [0.1, 0.15) is 0 Å². The number of hydrogen-bond donors (Lipinski definition) is 0. The highest BCUT2D eigenvalue weighted by Gasteiger charge is 2.26. The van der Waals surface area contributed by atoms with Gasteiger partial charge in [0, 0.05) is 12.2 Å². The largest absolute Gasteiger partial charge is 0.452 e. The first-order chi connectivity index (χ1) is 11.5. The lowest BCUT2D eigenvalue weighted by Gasteiger charge is -2.17. The third-order valence-corrected chi connectivity index (χ3v) is 4.88. The SMILES string of the molecule is O=C(OCC(=O)N1CCc2ccccc21)c1c(Cl)ccc(Cl)c1Cl. The summed E-state index contributed by atoms with van der Waals surface area (Å²) in [6.07, 6.45) is 0.780. The van der Waals surface area contributed by atoms with Gasteiger partial charge < -0.3 is 9.64 Å². The highest BCUT2D eigenvalue weighted by atomic mass is 35.5. The lowest BCUT2D eigenvalue weighted by atomic mass is 10.2. The number of rotatable bonds is 3. The van der Waals surface area contributed by atoms with Crippen molar-refractivity contribution in [1.82, 2.24) is 0 Å². The third kappa shape index (κ3) is 3.22. The van der Waals surface area contributed by atoms with E-state index in [1.54, 1.807) is 4.90 Å². The van der Waals surface area contributed by atoms with Crippen LogP contribution in [0.1, 0.15) is 15.9 Å². The van der Waals surface area contributed by atoms with Crippen LogP contribution in [0.4, 0.5) is 5.69 Å². The van der Waals surface area contributed by atoms with Crippen molar-refractivity contribution in [3.05, 3.63) is 62.6 Å². The van der Waals surface area contributed by atoms with Gasteiger partial charge in [-0.1, -0.05) is 53.0 Å². The summed E-state index contributed by atoms with van der Waals surface area (Å²) >= 11 is 17.8. The number of carbonyl (C=O) groups is 2. The molecule has 0 radical (unpaired) electrons. The van der Waals surface area contributed by atoms with Crippen LogP contribution in [0.15, 0.2) is 36.4 Å². The summed E-state index contributed by atoms with van der Waals surface area (Å²) in [4.78, 5) is 26.1. The minimum atomic E-state index is -0.784. The highest BCUT2D eigenvalue weighted by Crippen LogP contribution is 2.32. The Morgan fingerprint density at radius 1 is 1.04 bits per heavy atom. The van der Waals surface area contributed by atoms with Crippen LogP contribution in [0.2, 0.25) is 15.1 Å². The second-order valence-corrected chi connectivity index (χ2v) is 6.41. The molecule has 1 aliphatic rings. The summed E-state index contributed by atoms with van der Waals surface area (Å²) in [5.41, 5.74) is 1.90. The Morgan fingerprint density at radius 2 is 1.75 bits per heavy atom. The van der Waals surface area contributed by atoms with Gasteiger partial charge in [-0.25, -0.2) is 4.79 Å². The molecule has 0 unspecified atom stereocenters. The minimum Gasteiger partial charge on any atom is -0.452 e. The van der Waals surface area contributed by atoms with E-state index in [4.69, 9.17) is 39.5 Å². The molecule has 0 aliphatic carbocycles. The Hall–Kier alpha value is -1.75. The van der Waals surface area contributed by atoms with E-state index < -0.39 is 12.6 Å². The number of carbonyl (C=O) groups excluding carboxylic acids is 2. The number of nitrogens with zero attached hydrogens (tertiary/aromatic N) is 1. The molecule has 0 spiro atoms. The fraction of sp³-hybridized carbons (Fsp3) is 0.176.